The van der Waals surface area contributed by atoms with Crippen molar-refractivity contribution < 1.29 is 37.5 Å². The Labute approximate surface area is 127 Å². The molecule has 0 atom stereocenters. The van der Waals surface area contributed by atoms with Gasteiger partial charge in [0.1, 0.15) is 0 Å². The molecule has 0 rings (SSSR count). The zero-order chi connectivity index (χ0) is 12.7. The van der Waals surface area contributed by atoms with Gasteiger partial charge in [-0.3, -0.25) is 0 Å². The number of hydrogen-bond acceptors (Lipinski definition) is 1. The second-order valence-corrected chi connectivity index (χ2v) is 6.22. The van der Waals surface area contributed by atoms with Crippen LogP contribution in [0.2, 0.25) is 0 Å². The van der Waals surface area contributed by atoms with Gasteiger partial charge < -0.3 is 24.0 Å². The number of rotatable bonds is 2. The van der Waals surface area contributed by atoms with Crippen molar-refractivity contribution in [2.75, 3.05) is 6.54 Å². The Morgan fingerprint density at radius 3 is 1.62 bits per heavy atom. The summed E-state index contributed by atoms with van der Waals surface area (Å²) in [5.74, 6) is -0.191. The predicted octanol–water partition coefficient (Wildman–Crippen LogP) is 3.24. The van der Waals surface area contributed by atoms with Gasteiger partial charge in [0.25, 0.3) is 0 Å². The van der Waals surface area contributed by atoms with Gasteiger partial charge in [-0.05, 0) is 11.8 Å². The van der Waals surface area contributed by atoms with Gasteiger partial charge in [0.15, 0.2) is 0 Å². The van der Waals surface area contributed by atoms with Crippen LogP contribution in [0.4, 0.5) is 0 Å². The van der Waals surface area contributed by atoms with Crippen molar-refractivity contribution in [3.8, 4) is 0 Å². The number of carbonyl (C=O) groups excluding carboxylic acids is 1. The van der Waals surface area contributed by atoms with Gasteiger partial charge in [-0.15, -0.1) is 0 Å². The van der Waals surface area contributed by atoms with Gasteiger partial charge >= 0.3 is 0 Å². The molecule has 1 radical (unpaired) electrons. The quantitative estimate of drug-likeness (QED) is 0.780. The van der Waals surface area contributed by atoms with E-state index >= 15 is 0 Å². The Hall–Kier alpha value is 0.444. The van der Waals surface area contributed by atoms with Crippen LogP contribution < -0.4 is 5.32 Å². The van der Waals surface area contributed by atoms with Crippen molar-refractivity contribution in [1.29, 1.82) is 0 Å². The Kier molecular flexibility index (Phi) is 12.8. The predicted molar refractivity (Wildman–Crippen MR) is 67.3 cm³/mol. The van der Waals surface area contributed by atoms with Crippen molar-refractivity contribution in [1.82, 2.24) is 5.32 Å². The van der Waals surface area contributed by atoms with E-state index < -0.39 is 0 Å². The minimum absolute atomic E-state index is 0. The van der Waals surface area contributed by atoms with Crippen LogP contribution in [0, 0.1) is 24.7 Å². The largest absolute Gasteiger partial charge is 0.381 e. The molecule has 95 valence electrons. The molecule has 0 aliphatic carbocycles. The summed E-state index contributed by atoms with van der Waals surface area (Å²) < 4.78 is 0. The molecule has 0 aliphatic heterocycles. The summed E-state index contributed by atoms with van der Waals surface area (Å²) in [6, 6.07) is 0. The molecule has 0 fully saturated rings. The Balaban J connectivity index is -0.000000242. The summed E-state index contributed by atoms with van der Waals surface area (Å²) in [5.41, 5.74) is 0.544. The summed E-state index contributed by atoms with van der Waals surface area (Å²) in [4.78, 5) is 10.3. The van der Waals surface area contributed by atoms with Crippen molar-refractivity contribution >= 4 is 5.91 Å². The van der Waals surface area contributed by atoms with E-state index in [4.69, 9.17) is 0 Å². The Bertz CT molecular complexity index is 171. The van der Waals surface area contributed by atoms with Crippen LogP contribution >= 0.6 is 0 Å². The number of nitrogens with one attached hydrogen (secondary N) is 1. The summed E-state index contributed by atoms with van der Waals surface area (Å²) in [6.07, 6.45) is 0.994. The van der Waals surface area contributed by atoms with Crippen LogP contribution in [0.1, 0.15) is 48.0 Å². The van der Waals surface area contributed by atoms with Gasteiger partial charge in [-0.25, -0.2) is 0 Å². The van der Waals surface area contributed by atoms with E-state index in [0.29, 0.717) is 5.41 Å². The SMILES string of the molecule is [CH2-]C(=O)NCCC(C)(C)C.[CH2-]C(C)(C)C.[Y]. The minimum atomic E-state index is -0.191. The van der Waals surface area contributed by atoms with Crippen molar-refractivity contribution in [3.05, 3.63) is 13.8 Å². The average molecular weight is 302 g/mol. The second kappa shape index (κ2) is 9.47. The average Bonchev–Trinajstić information content (AvgIpc) is 1.77. The minimum Gasteiger partial charge on any atom is -0.381 e. The third-order valence-corrected chi connectivity index (χ3v) is 1.20. The van der Waals surface area contributed by atoms with Crippen LogP contribution in [0.25, 0.3) is 0 Å². The fourth-order valence-electron chi connectivity index (χ4n) is 0.577. The van der Waals surface area contributed by atoms with Crippen LogP contribution in [0.5, 0.6) is 0 Å². The summed E-state index contributed by atoms with van der Waals surface area (Å²) >= 11 is 0. The van der Waals surface area contributed by atoms with Crippen molar-refractivity contribution in [2.24, 2.45) is 10.8 Å². The third kappa shape index (κ3) is 47.1. The molecule has 2 nitrogen and oxygen atoms in total. The van der Waals surface area contributed by atoms with E-state index in [9.17, 15) is 4.79 Å². The second-order valence-electron chi connectivity index (χ2n) is 6.22. The summed E-state index contributed by atoms with van der Waals surface area (Å²) in [7, 11) is 0. The smallest absolute Gasteiger partial charge is 0.0797 e. The molecule has 0 aliphatic rings. The van der Waals surface area contributed by atoms with Crippen LogP contribution in [-0.4, -0.2) is 12.5 Å². The molecule has 0 aromatic rings. The monoisotopic (exact) mass is 302 g/mol. The van der Waals surface area contributed by atoms with E-state index in [2.05, 4.69) is 60.7 Å². The molecule has 0 spiro atoms. The van der Waals surface area contributed by atoms with Gasteiger partial charge in [-0.1, -0.05) is 41.5 Å². The number of amides is 1. The van der Waals surface area contributed by atoms with Gasteiger partial charge in [0.05, 0.1) is 5.91 Å². The summed E-state index contributed by atoms with van der Waals surface area (Å²) in [6.45, 7) is 20.4. The van der Waals surface area contributed by atoms with Gasteiger partial charge in [0.2, 0.25) is 0 Å². The maximum absolute atomic E-state index is 10.3. The molecule has 0 saturated carbocycles. The normalized spacial score (nSPS) is 10.7. The van der Waals surface area contributed by atoms with E-state index in [1.54, 1.807) is 0 Å². The molecule has 16 heavy (non-hydrogen) atoms. The van der Waals surface area contributed by atoms with Crippen LogP contribution in [0.15, 0.2) is 0 Å². The van der Waals surface area contributed by atoms with Crippen LogP contribution in [-0.2, 0) is 37.5 Å². The molecular weight excluding hydrogens is 275 g/mol. The van der Waals surface area contributed by atoms with E-state index in [1.165, 1.54) is 0 Å². The third-order valence-electron chi connectivity index (χ3n) is 1.20. The molecule has 1 amide bonds. The van der Waals surface area contributed by atoms with Crippen molar-refractivity contribution in [2.45, 2.75) is 48.0 Å². The fraction of sp³-hybridized carbons (Fsp3) is 0.769. The number of carbonyl (C=O) groups is 1. The Morgan fingerprint density at radius 2 is 1.44 bits per heavy atom. The van der Waals surface area contributed by atoms with Gasteiger partial charge in [-0.2, -0.15) is 5.41 Å². The van der Waals surface area contributed by atoms with Gasteiger partial charge in [0, 0.05) is 39.3 Å². The topological polar surface area (TPSA) is 29.1 Å². The number of hydrogen-bond donors (Lipinski definition) is 1. The zero-order valence-corrected chi connectivity index (χ0v) is 14.7. The first kappa shape index (κ1) is 21.7. The first-order valence-corrected chi connectivity index (χ1v) is 5.37. The molecule has 0 heterocycles. The molecule has 0 unspecified atom stereocenters. The molecule has 0 aromatic carbocycles. The molecule has 0 saturated heterocycles. The first-order chi connectivity index (χ1) is 6.42. The molecule has 0 aromatic heterocycles. The van der Waals surface area contributed by atoms with E-state index in [1.807, 2.05) is 0 Å². The van der Waals surface area contributed by atoms with E-state index in [0.717, 1.165) is 13.0 Å². The Morgan fingerprint density at radius 1 is 1.12 bits per heavy atom. The molecule has 1 N–H and O–H groups in total. The standard InChI is InChI=1S/C8H16NO.C5H11.Y/c1-7(10)9-6-5-8(2,3)4;1-5(2,3)4;/h1,5-6H2,2-4H3,(H,9,10);1H2,2-4H3;/q2*-1;. The maximum atomic E-state index is 10.3. The zero-order valence-electron chi connectivity index (χ0n) is 11.8. The maximum Gasteiger partial charge on any atom is 0.0797 e. The first-order valence-electron chi connectivity index (χ1n) is 5.37. The fourth-order valence-corrected chi connectivity index (χ4v) is 0.577. The molecule has 0 bridgehead atoms. The van der Waals surface area contributed by atoms with Crippen LogP contribution in [0.3, 0.4) is 0 Å². The molecular formula is C13H27NOY-2. The van der Waals surface area contributed by atoms with E-state index in [-0.39, 0.29) is 44.0 Å². The van der Waals surface area contributed by atoms with Crippen molar-refractivity contribution in [3.63, 3.8) is 0 Å². The summed E-state index contributed by atoms with van der Waals surface area (Å²) in [5, 5.41) is 2.65. The molecule has 3 heteroatoms.